The fourth-order valence-corrected chi connectivity index (χ4v) is 1.36. The fraction of sp³-hybridized carbons (Fsp3) is 0.750. The second-order valence-corrected chi connectivity index (χ2v) is 3.22. The Kier molecular flexibility index (Phi) is 6.66. The smallest absolute Gasteiger partial charge is 0.303 e. The van der Waals surface area contributed by atoms with Crippen molar-refractivity contribution in [2.75, 3.05) is 11.8 Å². The summed E-state index contributed by atoms with van der Waals surface area (Å²) in [5.41, 5.74) is 0. The summed E-state index contributed by atoms with van der Waals surface area (Å²) >= 11 is 11.1. The first-order valence-electron chi connectivity index (χ1n) is 3.97. The quantitative estimate of drug-likeness (QED) is 0.540. The van der Waals surface area contributed by atoms with Crippen LogP contribution < -0.4 is 0 Å². The molecule has 0 aromatic rings. The number of rotatable bonds is 5. The van der Waals surface area contributed by atoms with E-state index in [1.54, 1.807) is 0 Å². The van der Waals surface area contributed by atoms with Crippen LogP contribution >= 0.6 is 23.2 Å². The van der Waals surface area contributed by atoms with Crippen LogP contribution in [0, 0.1) is 0 Å². The van der Waals surface area contributed by atoms with Crippen LogP contribution in [0.1, 0.15) is 13.8 Å². The summed E-state index contributed by atoms with van der Waals surface area (Å²) < 4.78 is 9.64. The number of halogens is 2. The van der Waals surface area contributed by atoms with Crippen molar-refractivity contribution in [1.82, 2.24) is 0 Å². The number of ether oxygens (including phenoxy) is 2. The molecule has 0 heterocycles. The molecule has 0 radical (unpaired) electrons. The molecule has 0 amide bonds. The van der Waals surface area contributed by atoms with Gasteiger partial charge in [-0.15, -0.1) is 23.2 Å². The average Bonchev–Trinajstić information content (AvgIpc) is 2.10. The van der Waals surface area contributed by atoms with Crippen LogP contribution in [0.2, 0.25) is 0 Å². The summed E-state index contributed by atoms with van der Waals surface area (Å²) in [6, 6.07) is 0. The fourth-order valence-electron chi connectivity index (χ4n) is 0.840. The molecule has 0 rings (SSSR count). The number of hydrogen-bond acceptors (Lipinski definition) is 4. The lowest BCUT2D eigenvalue weighted by Crippen LogP contribution is -2.37. The van der Waals surface area contributed by atoms with Crippen molar-refractivity contribution in [2.24, 2.45) is 0 Å². The van der Waals surface area contributed by atoms with Crippen LogP contribution in [-0.4, -0.2) is 35.9 Å². The van der Waals surface area contributed by atoms with Gasteiger partial charge in [0.1, 0.15) is 0 Å². The number of carbonyl (C=O) groups excluding carboxylic acids is 2. The first-order valence-corrected chi connectivity index (χ1v) is 5.04. The van der Waals surface area contributed by atoms with E-state index in [-0.39, 0.29) is 11.8 Å². The van der Waals surface area contributed by atoms with E-state index in [2.05, 4.69) is 0 Å². The molecule has 0 saturated heterocycles. The molecule has 2 atom stereocenters. The minimum absolute atomic E-state index is 0.0320. The van der Waals surface area contributed by atoms with Crippen LogP contribution in [0.25, 0.3) is 0 Å². The maximum Gasteiger partial charge on any atom is 0.303 e. The van der Waals surface area contributed by atoms with Crippen molar-refractivity contribution in [3.05, 3.63) is 0 Å². The van der Waals surface area contributed by atoms with Gasteiger partial charge >= 0.3 is 11.9 Å². The number of alkyl halides is 2. The van der Waals surface area contributed by atoms with Crippen molar-refractivity contribution in [3.8, 4) is 0 Å². The van der Waals surface area contributed by atoms with Crippen LogP contribution in [0.4, 0.5) is 0 Å². The Balaban J connectivity index is 4.28. The van der Waals surface area contributed by atoms with E-state index in [1.807, 2.05) is 0 Å². The lowest BCUT2D eigenvalue weighted by atomic mass is 10.2. The molecule has 0 aromatic heterocycles. The van der Waals surface area contributed by atoms with Gasteiger partial charge in [-0.25, -0.2) is 0 Å². The third-order valence-electron chi connectivity index (χ3n) is 1.35. The molecule has 0 saturated carbocycles. The van der Waals surface area contributed by atoms with Crippen molar-refractivity contribution < 1.29 is 19.1 Å². The molecule has 0 fully saturated rings. The number of hydrogen-bond donors (Lipinski definition) is 0. The molecular weight excluding hydrogens is 231 g/mol. The zero-order valence-corrected chi connectivity index (χ0v) is 9.47. The highest BCUT2D eigenvalue weighted by Gasteiger charge is 2.25. The summed E-state index contributed by atoms with van der Waals surface area (Å²) in [5.74, 6) is -0.912. The molecule has 2 unspecified atom stereocenters. The van der Waals surface area contributed by atoms with E-state index >= 15 is 0 Å². The standard InChI is InChI=1S/C8H12Cl2O4/c1-5(11)13-7(3-9)8(4-10)14-6(2)12/h7-8H,3-4H2,1-2H3. The van der Waals surface area contributed by atoms with E-state index in [4.69, 9.17) is 32.7 Å². The van der Waals surface area contributed by atoms with Crippen LogP contribution in [-0.2, 0) is 19.1 Å². The van der Waals surface area contributed by atoms with Gasteiger partial charge < -0.3 is 9.47 Å². The zero-order chi connectivity index (χ0) is 11.1. The average molecular weight is 243 g/mol. The second kappa shape index (κ2) is 6.90. The van der Waals surface area contributed by atoms with Crippen LogP contribution in [0.5, 0.6) is 0 Å². The van der Waals surface area contributed by atoms with Gasteiger partial charge in [-0.2, -0.15) is 0 Å². The number of carbonyl (C=O) groups is 2. The van der Waals surface area contributed by atoms with Gasteiger partial charge in [0.15, 0.2) is 12.2 Å². The van der Waals surface area contributed by atoms with Crippen molar-refractivity contribution >= 4 is 35.1 Å². The Morgan fingerprint density at radius 1 is 1.00 bits per heavy atom. The molecule has 82 valence electrons. The minimum Gasteiger partial charge on any atom is -0.457 e. The SMILES string of the molecule is CC(=O)OC(CCl)C(CCl)OC(C)=O. The van der Waals surface area contributed by atoms with Crippen molar-refractivity contribution in [3.63, 3.8) is 0 Å². The molecule has 0 N–H and O–H groups in total. The van der Waals surface area contributed by atoms with E-state index in [1.165, 1.54) is 13.8 Å². The van der Waals surface area contributed by atoms with Crippen LogP contribution in [0.3, 0.4) is 0 Å². The minimum atomic E-state index is -0.699. The van der Waals surface area contributed by atoms with Gasteiger partial charge in [-0.1, -0.05) is 0 Å². The normalized spacial score (nSPS) is 14.3. The molecule has 0 spiro atoms. The lowest BCUT2D eigenvalue weighted by molar-refractivity contribution is -0.161. The third kappa shape index (κ3) is 5.29. The van der Waals surface area contributed by atoms with Crippen molar-refractivity contribution in [1.29, 1.82) is 0 Å². The summed E-state index contributed by atoms with van der Waals surface area (Å²) in [5, 5.41) is 0. The predicted molar refractivity (Wildman–Crippen MR) is 52.5 cm³/mol. The van der Waals surface area contributed by atoms with Gasteiger partial charge in [0.25, 0.3) is 0 Å². The van der Waals surface area contributed by atoms with Gasteiger partial charge in [-0.3, -0.25) is 9.59 Å². The Morgan fingerprint density at radius 2 is 1.29 bits per heavy atom. The largest absolute Gasteiger partial charge is 0.457 e. The molecule has 4 nitrogen and oxygen atoms in total. The van der Waals surface area contributed by atoms with Crippen molar-refractivity contribution in [2.45, 2.75) is 26.1 Å². The number of esters is 2. The molecule has 6 heteroatoms. The highest BCUT2D eigenvalue weighted by molar-refractivity contribution is 6.19. The topological polar surface area (TPSA) is 52.6 Å². The van der Waals surface area contributed by atoms with E-state index in [9.17, 15) is 9.59 Å². The summed E-state index contributed by atoms with van der Waals surface area (Å²) in [7, 11) is 0. The molecular formula is C8H12Cl2O4. The highest BCUT2D eigenvalue weighted by Crippen LogP contribution is 2.09. The highest BCUT2D eigenvalue weighted by atomic mass is 35.5. The molecule has 14 heavy (non-hydrogen) atoms. The maximum absolute atomic E-state index is 10.7. The van der Waals surface area contributed by atoms with E-state index in [0.29, 0.717) is 0 Å². The first kappa shape index (κ1) is 13.5. The Morgan fingerprint density at radius 3 is 1.43 bits per heavy atom. The first-order chi connectivity index (χ1) is 6.51. The van der Waals surface area contributed by atoms with Gasteiger partial charge in [0.05, 0.1) is 11.8 Å². The lowest BCUT2D eigenvalue weighted by Gasteiger charge is -2.22. The zero-order valence-electron chi connectivity index (χ0n) is 7.96. The molecule has 0 aliphatic rings. The van der Waals surface area contributed by atoms with Gasteiger partial charge in [0, 0.05) is 13.8 Å². The van der Waals surface area contributed by atoms with Gasteiger partial charge in [-0.05, 0) is 0 Å². The van der Waals surface area contributed by atoms with E-state index < -0.39 is 24.1 Å². The monoisotopic (exact) mass is 242 g/mol. The van der Waals surface area contributed by atoms with E-state index in [0.717, 1.165) is 0 Å². The second-order valence-electron chi connectivity index (χ2n) is 2.60. The Hall–Kier alpha value is -0.480. The Bertz CT molecular complexity index is 186. The predicted octanol–water partition coefficient (Wildman–Crippen LogP) is 1.33. The maximum atomic E-state index is 10.7. The van der Waals surface area contributed by atoms with Gasteiger partial charge in [0.2, 0.25) is 0 Å². The van der Waals surface area contributed by atoms with Crippen LogP contribution in [0.15, 0.2) is 0 Å². The molecule has 0 bridgehead atoms. The summed E-state index contributed by atoms with van der Waals surface area (Å²) in [6.45, 7) is 2.50. The molecule has 0 aliphatic heterocycles. The Labute approximate surface area is 92.5 Å². The molecule has 0 aromatic carbocycles. The molecule has 0 aliphatic carbocycles. The third-order valence-corrected chi connectivity index (χ3v) is 1.96. The summed E-state index contributed by atoms with van der Waals surface area (Å²) in [4.78, 5) is 21.3. The summed E-state index contributed by atoms with van der Waals surface area (Å²) in [6.07, 6.45) is -1.40.